The average molecular weight is 507 g/mol. The Balaban J connectivity index is 1.58. The second-order valence-electron chi connectivity index (χ2n) is 8.60. The van der Waals surface area contributed by atoms with E-state index in [0.717, 1.165) is 17.0 Å². The van der Waals surface area contributed by atoms with Gasteiger partial charge < -0.3 is 25.1 Å². The minimum absolute atomic E-state index is 0.250. The fraction of sp³-hybridized carbons (Fsp3) is 0.103. The Morgan fingerprint density at radius 3 is 2.47 bits per heavy atom. The second-order valence-corrected chi connectivity index (χ2v) is 8.60. The molecule has 5 rings (SSSR count). The van der Waals surface area contributed by atoms with Crippen LogP contribution in [0.15, 0.2) is 85.3 Å². The van der Waals surface area contributed by atoms with E-state index in [4.69, 9.17) is 9.72 Å². The number of ether oxygens (including phenoxy) is 1. The zero-order valence-corrected chi connectivity index (χ0v) is 21.1. The molecule has 2 amide bonds. The van der Waals surface area contributed by atoms with Crippen molar-refractivity contribution in [2.45, 2.75) is 6.92 Å². The van der Waals surface area contributed by atoms with Crippen LogP contribution in [0.25, 0.3) is 16.9 Å². The standard InChI is InChI=1S/C29H26N6O3/c1-18-15-20(10-12-25(18)38-3)32-26-27-31-13-14-35(27)17-24(34-26)23-16-21(9-11-22(23)29(37)30-2)33-28(36)19-7-5-4-6-8-19/h4-17H,1-3H3,(H,30,37)(H,32,34)(H,33,36). The first-order chi connectivity index (χ1) is 18.5. The van der Waals surface area contributed by atoms with Crippen molar-refractivity contribution < 1.29 is 14.3 Å². The molecule has 5 aromatic rings. The van der Waals surface area contributed by atoms with Crippen LogP contribution >= 0.6 is 0 Å². The Morgan fingerprint density at radius 1 is 0.947 bits per heavy atom. The highest BCUT2D eigenvalue weighted by Gasteiger charge is 2.18. The third-order valence-electron chi connectivity index (χ3n) is 6.09. The van der Waals surface area contributed by atoms with Crippen molar-refractivity contribution >= 4 is 34.7 Å². The predicted molar refractivity (Wildman–Crippen MR) is 147 cm³/mol. The summed E-state index contributed by atoms with van der Waals surface area (Å²) in [7, 11) is 3.21. The number of hydrogen-bond acceptors (Lipinski definition) is 6. The Bertz CT molecular complexity index is 1650. The number of carbonyl (C=O) groups is 2. The van der Waals surface area contributed by atoms with Gasteiger partial charge in [-0.2, -0.15) is 0 Å². The van der Waals surface area contributed by atoms with Gasteiger partial charge in [-0.05, 0) is 61.0 Å². The quantitative estimate of drug-likeness (QED) is 0.284. The molecule has 3 N–H and O–H groups in total. The van der Waals surface area contributed by atoms with Gasteiger partial charge in [0.1, 0.15) is 5.75 Å². The van der Waals surface area contributed by atoms with E-state index < -0.39 is 0 Å². The summed E-state index contributed by atoms with van der Waals surface area (Å²) < 4.78 is 7.21. The molecule has 0 aliphatic heterocycles. The van der Waals surface area contributed by atoms with Crippen LogP contribution in [0.3, 0.4) is 0 Å². The maximum absolute atomic E-state index is 12.8. The number of methoxy groups -OCH3 is 1. The van der Waals surface area contributed by atoms with E-state index in [1.165, 1.54) is 0 Å². The number of imidazole rings is 1. The Labute approximate surface area is 219 Å². The largest absolute Gasteiger partial charge is 0.496 e. The molecule has 0 saturated carbocycles. The van der Waals surface area contributed by atoms with Gasteiger partial charge in [0.25, 0.3) is 11.8 Å². The lowest BCUT2D eigenvalue weighted by Crippen LogP contribution is -2.19. The van der Waals surface area contributed by atoms with Crippen LogP contribution in [-0.2, 0) is 0 Å². The van der Waals surface area contributed by atoms with Gasteiger partial charge in [0.15, 0.2) is 11.5 Å². The van der Waals surface area contributed by atoms with Crippen molar-refractivity contribution in [3.8, 4) is 17.0 Å². The average Bonchev–Trinajstić information content (AvgIpc) is 3.42. The summed E-state index contributed by atoms with van der Waals surface area (Å²) in [6.45, 7) is 1.96. The maximum Gasteiger partial charge on any atom is 0.255 e. The highest BCUT2D eigenvalue weighted by molar-refractivity contribution is 6.06. The lowest BCUT2D eigenvalue weighted by molar-refractivity contribution is 0.0963. The molecule has 2 aromatic heterocycles. The number of nitrogens with one attached hydrogen (secondary N) is 3. The molecule has 9 nitrogen and oxygen atoms in total. The van der Waals surface area contributed by atoms with E-state index in [1.807, 2.05) is 41.8 Å². The van der Waals surface area contributed by atoms with Gasteiger partial charge in [-0.15, -0.1) is 0 Å². The van der Waals surface area contributed by atoms with Crippen molar-refractivity contribution in [3.05, 3.63) is 102 Å². The topological polar surface area (TPSA) is 110 Å². The molecule has 3 aromatic carbocycles. The molecule has 2 heterocycles. The molecule has 0 spiro atoms. The van der Waals surface area contributed by atoms with Gasteiger partial charge in [-0.3, -0.25) is 9.59 Å². The number of benzene rings is 3. The number of amides is 2. The fourth-order valence-corrected chi connectivity index (χ4v) is 4.20. The zero-order valence-electron chi connectivity index (χ0n) is 21.1. The first kappa shape index (κ1) is 24.5. The number of carbonyl (C=O) groups excluding carboxylic acids is 2. The number of hydrogen-bond donors (Lipinski definition) is 3. The fourth-order valence-electron chi connectivity index (χ4n) is 4.20. The van der Waals surface area contributed by atoms with Crippen LogP contribution in [0.4, 0.5) is 17.2 Å². The smallest absolute Gasteiger partial charge is 0.255 e. The van der Waals surface area contributed by atoms with Gasteiger partial charge in [0, 0.05) is 53.7 Å². The molecule has 0 saturated heterocycles. The molecule has 9 heteroatoms. The van der Waals surface area contributed by atoms with Gasteiger partial charge in [0.05, 0.1) is 12.8 Å². The highest BCUT2D eigenvalue weighted by atomic mass is 16.5. The third kappa shape index (κ3) is 4.90. The summed E-state index contributed by atoms with van der Waals surface area (Å²) in [5.41, 5.74) is 4.97. The number of fused-ring (bicyclic) bond motifs is 1. The number of aromatic nitrogens is 3. The maximum atomic E-state index is 12.8. The monoisotopic (exact) mass is 506 g/mol. The number of rotatable bonds is 7. The minimum Gasteiger partial charge on any atom is -0.496 e. The van der Waals surface area contributed by atoms with E-state index in [-0.39, 0.29) is 11.8 Å². The molecule has 190 valence electrons. The first-order valence-electron chi connectivity index (χ1n) is 11.9. The summed E-state index contributed by atoms with van der Waals surface area (Å²) in [5, 5.41) is 8.94. The van der Waals surface area contributed by atoms with Crippen molar-refractivity contribution in [2.75, 3.05) is 24.8 Å². The van der Waals surface area contributed by atoms with Gasteiger partial charge in [-0.1, -0.05) is 18.2 Å². The van der Waals surface area contributed by atoms with Crippen molar-refractivity contribution in [2.24, 2.45) is 0 Å². The molecule has 0 fully saturated rings. The first-order valence-corrected chi connectivity index (χ1v) is 11.9. The molecule has 0 bridgehead atoms. The van der Waals surface area contributed by atoms with Crippen molar-refractivity contribution in [1.29, 1.82) is 0 Å². The molecule has 38 heavy (non-hydrogen) atoms. The molecular weight excluding hydrogens is 480 g/mol. The molecule has 0 radical (unpaired) electrons. The summed E-state index contributed by atoms with van der Waals surface area (Å²) in [5.74, 6) is 0.777. The van der Waals surface area contributed by atoms with E-state index in [0.29, 0.717) is 39.5 Å². The van der Waals surface area contributed by atoms with Gasteiger partial charge >= 0.3 is 0 Å². The molecule has 0 unspecified atom stereocenters. The summed E-state index contributed by atoms with van der Waals surface area (Å²) in [6, 6.07) is 19.8. The van der Waals surface area contributed by atoms with Crippen molar-refractivity contribution in [3.63, 3.8) is 0 Å². The number of nitrogens with zero attached hydrogens (tertiary/aromatic N) is 3. The molecule has 0 aliphatic rings. The summed E-state index contributed by atoms with van der Waals surface area (Å²) in [6.07, 6.45) is 5.30. The number of aryl methyl sites for hydroxylation is 1. The zero-order chi connectivity index (χ0) is 26.6. The van der Waals surface area contributed by atoms with E-state index >= 15 is 0 Å². The van der Waals surface area contributed by atoms with Crippen molar-refractivity contribution in [1.82, 2.24) is 19.7 Å². The van der Waals surface area contributed by atoms with Gasteiger partial charge in [-0.25, -0.2) is 9.97 Å². The molecule has 0 aliphatic carbocycles. The third-order valence-corrected chi connectivity index (χ3v) is 6.09. The van der Waals surface area contributed by atoms with Gasteiger partial charge in [0.2, 0.25) is 0 Å². The van der Waals surface area contributed by atoms with E-state index in [2.05, 4.69) is 20.9 Å². The summed E-state index contributed by atoms with van der Waals surface area (Å²) in [4.78, 5) is 34.8. The Morgan fingerprint density at radius 2 is 1.74 bits per heavy atom. The summed E-state index contributed by atoms with van der Waals surface area (Å²) >= 11 is 0. The lowest BCUT2D eigenvalue weighted by Gasteiger charge is -2.15. The molecule has 0 atom stereocenters. The Kier molecular flexibility index (Phi) is 6.73. The molecular formula is C29H26N6O3. The Hall–Kier alpha value is -5.18. The van der Waals surface area contributed by atoms with Crippen LogP contribution in [0, 0.1) is 6.92 Å². The highest BCUT2D eigenvalue weighted by Crippen LogP contribution is 2.30. The second kappa shape index (κ2) is 10.4. The normalized spacial score (nSPS) is 10.7. The van der Waals surface area contributed by atoms with E-state index in [9.17, 15) is 9.59 Å². The van der Waals surface area contributed by atoms with Crippen LogP contribution in [-0.4, -0.2) is 40.3 Å². The van der Waals surface area contributed by atoms with Crippen LogP contribution in [0.5, 0.6) is 5.75 Å². The predicted octanol–water partition coefficient (Wildman–Crippen LogP) is 5.07. The van der Waals surface area contributed by atoms with Crippen LogP contribution in [0.1, 0.15) is 26.3 Å². The SMILES string of the molecule is CNC(=O)c1ccc(NC(=O)c2ccccc2)cc1-c1cn2ccnc2c(Nc2ccc(OC)c(C)c2)n1. The van der Waals surface area contributed by atoms with E-state index in [1.54, 1.807) is 69.0 Å². The van der Waals surface area contributed by atoms with Crippen LogP contribution < -0.4 is 20.7 Å². The number of anilines is 3. The minimum atomic E-state index is -0.270. The lowest BCUT2D eigenvalue weighted by atomic mass is 10.0. The van der Waals surface area contributed by atoms with Crippen LogP contribution in [0.2, 0.25) is 0 Å².